The number of halogens is 3. The van der Waals surface area contributed by atoms with Crippen molar-refractivity contribution in [2.75, 3.05) is 33.9 Å². The lowest BCUT2D eigenvalue weighted by atomic mass is 10.0. The third-order valence-electron chi connectivity index (χ3n) is 5.98. The number of fused-ring (bicyclic) bond motifs is 1. The fourth-order valence-electron chi connectivity index (χ4n) is 4.25. The van der Waals surface area contributed by atoms with E-state index in [1.54, 1.807) is 25.1 Å². The van der Waals surface area contributed by atoms with Gasteiger partial charge in [0, 0.05) is 62.7 Å². The Morgan fingerprint density at radius 2 is 1.94 bits per heavy atom. The average Bonchev–Trinajstić information content (AvgIpc) is 3.12. The lowest BCUT2D eigenvalue weighted by Gasteiger charge is -2.35. The van der Waals surface area contributed by atoms with Gasteiger partial charge in [-0.05, 0) is 36.2 Å². The van der Waals surface area contributed by atoms with Crippen LogP contribution < -0.4 is 0 Å². The molecule has 4 rings (SSSR count). The number of aromatic nitrogens is 2. The normalized spacial score (nSPS) is 16.6. The number of aryl methyl sites for hydroxylation is 1. The third-order valence-corrected chi connectivity index (χ3v) is 5.98. The minimum absolute atomic E-state index is 0.112. The number of morpholine rings is 1. The molecule has 1 saturated heterocycles. The van der Waals surface area contributed by atoms with Gasteiger partial charge in [0.15, 0.2) is 0 Å². The predicted molar refractivity (Wildman–Crippen MR) is 120 cm³/mol. The molecule has 34 heavy (non-hydrogen) atoms. The molecular weight excluding hydrogens is 449 g/mol. The Morgan fingerprint density at radius 3 is 2.65 bits per heavy atom. The number of hydrogen-bond donors (Lipinski definition) is 0. The van der Waals surface area contributed by atoms with Crippen LogP contribution in [0.2, 0.25) is 0 Å². The quantitative estimate of drug-likeness (QED) is 0.582. The number of hydrogen-bond acceptors (Lipinski definition) is 4. The van der Waals surface area contributed by atoms with Crippen molar-refractivity contribution in [3.05, 3.63) is 65.1 Å². The van der Waals surface area contributed by atoms with Crippen LogP contribution in [0.4, 0.5) is 13.2 Å². The first-order valence-electron chi connectivity index (χ1n) is 10.8. The van der Waals surface area contributed by atoms with Gasteiger partial charge in [-0.2, -0.15) is 13.2 Å². The molecule has 0 bridgehead atoms. The zero-order valence-electron chi connectivity index (χ0n) is 19.1. The molecule has 0 aliphatic carbocycles. The van der Waals surface area contributed by atoms with E-state index in [2.05, 4.69) is 4.98 Å². The van der Waals surface area contributed by atoms with Gasteiger partial charge < -0.3 is 19.1 Å². The maximum absolute atomic E-state index is 13.2. The van der Waals surface area contributed by atoms with Crippen LogP contribution in [-0.4, -0.2) is 71.1 Å². The van der Waals surface area contributed by atoms with Crippen molar-refractivity contribution in [1.29, 1.82) is 0 Å². The van der Waals surface area contributed by atoms with E-state index in [4.69, 9.17) is 4.74 Å². The van der Waals surface area contributed by atoms with E-state index in [1.165, 1.54) is 4.90 Å². The Labute approximate surface area is 194 Å². The van der Waals surface area contributed by atoms with E-state index >= 15 is 0 Å². The van der Waals surface area contributed by atoms with Crippen LogP contribution in [0.1, 0.15) is 31.8 Å². The molecule has 1 atom stereocenters. The van der Waals surface area contributed by atoms with E-state index in [0.29, 0.717) is 24.8 Å². The van der Waals surface area contributed by atoms with Crippen LogP contribution in [0.3, 0.4) is 0 Å². The molecular formula is C24H25F3N4O3. The molecule has 180 valence electrons. The van der Waals surface area contributed by atoms with Gasteiger partial charge in [-0.15, -0.1) is 0 Å². The van der Waals surface area contributed by atoms with Gasteiger partial charge in [0.2, 0.25) is 0 Å². The molecule has 7 nitrogen and oxygen atoms in total. The molecule has 1 aliphatic heterocycles. The molecule has 0 N–H and O–H groups in total. The highest BCUT2D eigenvalue weighted by molar-refractivity contribution is 5.99. The van der Waals surface area contributed by atoms with Crippen molar-refractivity contribution in [1.82, 2.24) is 19.4 Å². The molecule has 0 radical (unpaired) electrons. The topological polar surface area (TPSA) is 67.7 Å². The summed E-state index contributed by atoms with van der Waals surface area (Å²) in [6, 6.07) is 5.94. The summed E-state index contributed by atoms with van der Waals surface area (Å²) >= 11 is 0. The van der Waals surface area contributed by atoms with Crippen LogP contribution in [0.25, 0.3) is 10.9 Å². The van der Waals surface area contributed by atoms with Crippen molar-refractivity contribution in [3.63, 3.8) is 0 Å². The lowest BCUT2D eigenvalue weighted by Crippen LogP contribution is -2.49. The Balaban J connectivity index is 1.64. The summed E-state index contributed by atoms with van der Waals surface area (Å²) in [5.41, 5.74) is 1.32. The van der Waals surface area contributed by atoms with Gasteiger partial charge >= 0.3 is 6.18 Å². The second-order valence-electron chi connectivity index (χ2n) is 8.59. The summed E-state index contributed by atoms with van der Waals surface area (Å²) < 4.78 is 46.9. The number of ether oxygens (including phenoxy) is 1. The number of rotatable bonds is 4. The summed E-state index contributed by atoms with van der Waals surface area (Å²) in [5.74, 6) is -0.637. The predicted octanol–water partition coefficient (Wildman–Crippen LogP) is 3.38. The molecule has 1 aromatic carbocycles. The van der Waals surface area contributed by atoms with Gasteiger partial charge in [0.05, 0.1) is 30.4 Å². The van der Waals surface area contributed by atoms with Crippen molar-refractivity contribution >= 4 is 22.7 Å². The third kappa shape index (κ3) is 4.63. The second-order valence-corrected chi connectivity index (χ2v) is 8.59. The average molecular weight is 474 g/mol. The molecule has 1 fully saturated rings. The Hall–Kier alpha value is -3.40. The zero-order chi connectivity index (χ0) is 24.6. The molecule has 0 unspecified atom stereocenters. The smallest absolute Gasteiger partial charge is 0.377 e. The Morgan fingerprint density at radius 1 is 1.18 bits per heavy atom. The maximum Gasteiger partial charge on any atom is 0.417 e. The number of carbonyl (C=O) groups excluding carboxylic acids is 2. The Bertz CT molecular complexity index is 1240. The SMILES string of the molecule is CN(C)C(=O)c1ccc2c(c1)c(C[C@H]1COCCN1C(=O)c1cncc(C(F)(F)F)c1)cn2C. The molecule has 2 aromatic heterocycles. The molecule has 10 heteroatoms. The first-order valence-corrected chi connectivity index (χ1v) is 10.8. The lowest BCUT2D eigenvalue weighted by molar-refractivity contribution is -0.137. The van der Waals surface area contributed by atoms with Gasteiger partial charge in [-0.25, -0.2) is 0 Å². The number of nitrogens with zero attached hydrogens (tertiary/aromatic N) is 4. The van der Waals surface area contributed by atoms with Gasteiger partial charge in [0.1, 0.15) is 0 Å². The van der Waals surface area contributed by atoms with Crippen LogP contribution in [0.15, 0.2) is 42.9 Å². The second kappa shape index (κ2) is 9.09. The Kier molecular flexibility index (Phi) is 6.35. The fourth-order valence-corrected chi connectivity index (χ4v) is 4.25. The summed E-state index contributed by atoms with van der Waals surface area (Å²) in [7, 11) is 5.27. The van der Waals surface area contributed by atoms with Crippen molar-refractivity contribution in [2.24, 2.45) is 7.05 Å². The monoisotopic (exact) mass is 474 g/mol. The highest BCUT2D eigenvalue weighted by atomic mass is 19.4. The summed E-state index contributed by atoms with van der Waals surface area (Å²) in [5, 5.41) is 0.883. The molecule has 3 heterocycles. The van der Waals surface area contributed by atoms with Crippen LogP contribution >= 0.6 is 0 Å². The standard InChI is InChI=1S/C24H25F3N4O3/c1-29(2)22(32)15-4-5-21-20(10-15)17(13-30(21)3)9-19-14-34-7-6-31(19)23(33)16-8-18(12-28-11-16)24(25,26)27/h4-5,8,10-13,19H,6-7,9,14H2,1-3H3/t19-/m0/s1. The molecule has 1 aliphatic rings. The van der Waals surface area contributed by atoms with E-state index in [9.17, 15) is 22.8 Å². The maximum atomic E-state index is 13.2. The first kappa shape index (κ1) is 23.7. The summed E-state index contributed by atoms with van der Waals surface area (Å²) in [4.78, 5) is 32.3. The van der Waals surface area contributed by atoms with E-state index in [0.717, 1.165) is 28.7 Å². The number of amides is 2. The number of benzene rings is 1. The van der Waals surface area contributed by atoms with E-state index < -0.39 is 17.6 Å². The van der Waals surface area contributed by atoms with Crippen LogP contribution in [-0.2, 0) is 24.4 Å². The summed E-state index contributed by atoms with van der Waals surface area (Å²) in [6.07, 6.45) is -0.359. The van der Waals surface area contributed by atoms with Crippen molar-refractivity contribution in [3.8, 4) is 0 Å². The van der Waals surface area contributed by atoms with Crippen molar-refractivity contribution in [2.45, 2.75) is 18.6 Å². The van der Waals surface area contributed by atoms with Crippen LogP contribution in [0.5, 0.6) is 0 Å². The zero-order valence-corrected chi connectivity index (χ0v) is 19.1. The number of carbonyl (C=O) groups is 2. The van der Waals surface area contributed by atoms with E-state index in [1.807, 2.05) is 29.9 Å². The largest absolute Gasteiger partial charge is 0.417 e. The number of alkyl halides is 3. The fraction of sp³-hybridized carbons (Fsp3) is 0.375. The highest BCUT2D eigenvalue weighted by Crippen LogP contribution is 2.30. The van der Waals surface area contributed by atoms with E-state index in [-0.39, 0.29) is 30.7 Å². The summed E-state index contributed by atoms with van der Waals surface area (Å²) in [6.45, 7) is 0.811. The molecule has 0 spiro atoms. The minimum atomic E-state index is -4.58. The molecule has 0 saturated carbocycles. The highest BCUT2D eigenvalue weighted by Gasteiger charge is 2.34. The van der Waals surface area contributed by atoms with Gasteiger partial charge in [-0.1, -0.05) is 0 Å². The van der Waals surface area contributed by atoms with Crippen LogP contribution in [0, 0.1) is 0 Å². The molecule has 3 aromatic rings. The first-order chi connectivity index (χ1) is 16.1. The molecule has 2 amide bonds. The minimum Gasteiger partial charge on any atom is -0.377 e. The van der Waals surface area contributed by atoms with Crippen molar-refractivity contribution < 1.29 is 27.5 Å². The number of pyridine rings is 1. The van der Waals surface area contributed by atoms with Gasteiger partial charge in [0.25, 0.3) is 11.8 Å². The van der Waals surface area contributed by atoms with Gasteiger partial charge in [-0.3, -0.25) is 14.6 Å².